The maximum absolute atomic E-state index is 12.7. The summed E-state index contributed by atoms with van der Waals surface area (Å²) in [5.41, 5.74) is 1.84. The van der Waals surface area contributed by atoms with E-state index in [1.165, 1.54) is 11.8 Å². The van der Waals surface area contributed by atoms with Gasteiger partial charge >= 0.3 is 0 Å². The SMILES string of the molecule is CCCCCOc1ccccc1C(=O)Nc1cccc(N(C)C(C)=O)c1. The fourth-order valence-corrected chi connectivity index (χ4v) is 2.49. The van der Waals surface area contributed by atoms with Crippen LogP contribution in [0.25, 0.3) is 0 Å². The van der Waals surface area contributed by atoms with Crippen LogP contribution in [-0.4, -0.2) is 25.5 Å². The molecule has 0 saturated carbocycles. The zero-order valence-electron chi connectivity index (χ0n) is 15.6. The van der Waals surface area contributed by atoms with Gasteiger partial charge in [-0.2, -0.15) is 0 Å². The lowest BCUT2D eigenvalue weighted by Gasteiger charge is -2.16. The predicted octanol–water partition coefficient (Wildman–Crippen LogP) is 4.49. The Morgan fingerprint density at radius 3 is 2.58 bits per heavy atom. The molecule has 0 fully saturated rings. The molecule has 2 aromatic carbocycles. The number of carbonyl (C=O) groups excluding carboxylic acids is 2. The van der Waals surface area contributed by atoms with E-state index in [-0.39, 0.29) is 11.8 Å². The number of nitrogens with one attached hydrogen (secondary N) is 1. The molecule has 0 atom stereocenters. The first-order valence-corrected chi connectivity index (χ1v) is 8.90. The van der Waals surface area contributed by atoms with E-state index in [1.807, 2.05) is 18.2 Å². The summed E-state index contributed by atoms with van der Waals surface area (Å²) in [6.07, 6.45) is 3.19. The van der Waals surface area contributed by atoms with Crippen LogP contribution in [0.2, 0.25) is 0 Å². The highest BCUT2D eigenvalue weighted by Crippen LogP contribution is 2.22. The minimum Gasteiger partial charge on any atom is -0.493 e. The third-order valence-corrected chi connectivity index (χ3v) is 4.10. The molecule has 2 amide bonds. The minimum atomic E-state index is -0.237. The van der Waals surface area contributed by atoms with Crippen LogP contribution in [0.1, 0.15) is 43.5 Å². The zero-order chi connectivity index (χ0) is 18.9. The van der Waals surface area contributed by atoms with Gasteiger partial charge in [0.25, 0.3) is 5.91 Å². The number of carbonyl (C=O) groups is 2. The van der Waals surface area contributed by atoms with E-state index in [1.54, 1.807) is 37.4 Å². The van der Waals surface area contributed by atoms with Gasteiger partial charge in [-0.05, 0) is 36.8 Å². The van der Waals surface area contributed by atoms with Crippen LogP contribution >= 0.6 is 0 Å². The standard InChI is InChI=1S/C21H26N2O3/c1-4-5-8-14-26-20-13-7-6-12-19(20)21(25)22-17-10-9-11-18(15-17)23(3)16(2)24/h6-7,9-13,15H,4-5,8,14H2,1-3H3,(H,22,25). The minimum absolute atomic E-state index is 0.0701. The third-order valence-electron chi connectivity index (χ3n) is 4.10. The first-order valence-electron chi connectivity index (χ1n) is 8.90. The van der Waals surface area contributed by atoms with Gasteiger partial charge in [-0.25, -0.2) is 0 Å². The zero-order valence-corrected chi connectivity index (χ0v) is 15.6. The molecular weight excluding hydrogens is 328 g/mol. The number of nitrogens with zero attached hydrogens (tertiary/aromatic N) is 1. The first kappa shape index (κ1) is 19.5. The van der Waals surface area contributed by atoms with Crippen molar-refractivity contribution in [1.29, 1.82) is 0 Å². The Morgan fingerprint density at radius 1 is 1.08 bits per heavy atom. The van der Waals surface area contributed by atoms with Crippen LogP contribution in [0, 0.1) is 0 Å². The molecule has 5 heteroatoms. The van der Waals surface area contributed by atoms with Gasteiger partial charge in [-0.3, -0.25) is 9.59 Å². The number of hydrogen-bond donors (Lipinski definition) is 1. The average molecular weight is 354 g/mol. The van der Waals surface area contributed by atoms with Crippen LogP contribution in [0.15, 0.2) is 48.5 Å². The van der Waals surface area contributed by atoms with Crippen LogP contribution in [0.3, 0.4) is 0 Å². The Morgan fingerprint density at radius 2 is 1.85 bits per heavy atom. The van der Waals surface area contributed by atoms with Gasteiger partial charge in [-0.15, -0.1) is 0 Å². The van der Waals surface area contributed by atoms with Gasteiger partial charge in [0.15, 0.2) is 0 Å². The Hall–Kier alpha value is -2.82. The largest absolute Gasteiger partial charge is 0.493 e. The Bertz CT molecular complexity index is 758. The quantitative estimate of drug-likeness (QED) is 0.711. The van der Waals surface area contributed by atoms with Gasteiger partial charge in [0, 0.05) is 25.3 Å². The van der Waals surface area contributed by atoms with E-state index >= 15 is 0 Å². The molecule has 0 aliphatic carbocycles. The summed E-state index contributed by atoms with van der Waals surface area (Å²) in [7, 11) is 1.70. The van der Waals surface area contributed by atoms with Crippen LogP contribution in [0.5, 0.6) is 5.75 Å². The number of anilines is 2. The molecule has 0 unspecified atom stereocenters. The molecule has 26 heavy (non-hydrogen) atoms. The highest BCUT2D eigenvalue weighted by Gasteiger charge is 2.13. The molecule has 138 valence electrons. The van der Waals surface area contributed by atoms with E-state index in [9.17, 15) is 9.59 Å². The third kappa shape index (κ3) is 5.34. The fourth-order valence-electron chi connectivity index (χ4n) is 2.49. The predicted molar refractivity (Wildman–Crippen MR) is 105 cm³/mol. The number of benzene rings is 2. The van der Waals surface area contributed by atoms with Crippen molar-refractivity contribution in [1.82, 2.24) is 0 Å². The first-order chi connectivity index (χ1) is 12.5. The monoisotopic (exact) mass is 354 g/mol. The lowest BCUT2D eigenvalue weighted by atomic mass is 10.1. The van der Waals surface area contributed by atoms with Crippen molar-refractivity contribution in [3.05, 3.63) is 54.1 Å². The van der Waals surface area contributed by atoms with E-state index in [0.717, 1.165) is 24.9 Å². The van der Waals surface area contributed by atoms with Crippen molar-refractivity contribution in [2.75, 3.05) is 23.9 Å². The van der Waals surface area contributed by atoms with Crippen molar-refractivity contribution < 1.29 is 14.3 Å². The van der Waals surface area contributed by atoms with Gasteiger partial charge in [-0.1, -0.05) is 38.0 Å². The molecule has 0 heterocycles. The highest BCUT2D eigenvalue weighted by atomic mass is 16.5. The number of unbranched alkanes of at least 4 members (excludes halogenated alkanes) is 2. The smallest absolute Gasteiger partial charge is 0.259 e. The molecule has 0 saturated heterocycles. The number of amides is 2. The van der Waals surface area contributed by atoms with Gasteiger partial charge in [0.2, 0.25) is 5.91 Å². The molecule has 2 rings (SSSR count). The summed E-state index contributed by atoms with van der Waals surface area (Å²) in [5.74, 6) is 0.274. The van der Waals surface area contributed by atoms with Crippen molar-refractivity contribution >= 4 is 23.2 Å². The summed E-state index contributed by atoms with van der Waals surface area (Å²) >= 11 is 0. The van der Waals surface area contributed by atoms with E-state index in [4.69, 9.17) is 4.74 Å². The lowest BCUT2D eigenvalue weighted by Crippen LogP contribution is -2.23. The normalized spacial score (nSPS) is 10.3. The van der Waals surface area contributed by atoms with Crippen molar-refractivity contribution in [2.24, 2.45) is 0 Å². The summed E-state index contributed by atoms with van der Waals surface area (Å²) in [6.45, 7) is 4.23. The molecule has 1 N–H and O–H groups in total. The second-order valence-electron chi connectivity index (χ2n) is 6.13. The summed E-state index contributed by atoms with van der Waals surface area (Å²) in [6, 6.07) is 14.4. The Balaban J connectivity index is 2.10. The summed E-state index contributed by atoms with van der Waals surface area (Å²) < 4.78 is 5.78. The molecule has 0 aliphatic heterocycles. The number of ether oxygens (including phenoxy) is 1. The lowest BCUT2D eigenvalue weighted by molar-refractivity contribution is -0.116. The maximum atomic E-state index is 12.7. The highest BCUT2D eigenvalue weighted by molar-refractivity contribution is 6.06. The number of rotatable bonds is 8. The van der Waals surface area contributed by atoms with Crippen molar-refractivity contribution in [3.63, 3.8) is 0 Å². The molecule has 0 radical (unpaired) electrons. The molecular formula is C21H26N2O3. The Kier molecular flexibility index (Phi) is 7.21. The molecule has 0 aliphatic rings. The van der Waals surface area contributed by atoms with Gasteiger partial charge in [0.1, 0.15) is 5.75 Å². The van der Waals surface area contributed by atoms with Gasteiger partial charge in [0.05, 0.1) is 12.2 Å². The molecule has 5 nitrogen and oxygen atoms in total. The van der Waals surface area contributed by atoms with Gasteiger partial charge < -0.3 is 15.0 Å². The topological polar surface area (TPSA) is 58.6 Å². The summed E-state index contributed by atoms with van der Waals surface area (Å²) in [4.78, 5) is 25.7. The molecule has 0 bridgehead atoms. The van der Waals surface area contributed by atoms with Crippen LogP contribution in [0.4, 0.5) is 11.4 Å². The second-order valence-corrected chi connectivity index (χ2v) is 6.13. The average Bonchev–Trinajstić information content (AvgIpc) is 2.65. The Labute approximate surface area is 155 Å². The van der Waals surface area contributed by atoms with Crippen molar-refractivity contribution in [3.8, 4) is 5.75 Å². The van der Waals surface area contributed by atoms with Crippen molar-refractivity contribution in [2.45, 2.75) is 33.1 Å². The maximum Gasteiger partial charge on any atom is 0.259 e. The molecule has 0 aromatic heterocycles. The van der Waals surface area contributed by atoms with E-state index < -0.39 is 0 Å². The summed E-state index contributed by atoms with van der Waals surface area (Å²) in [5, 5.41) is 2.88. The molecule has 0 spiro atoms. The number of para-hydroxylation sites is 1. The van der Waals surface area contributed by atoms with E-state index in [2.05, 4.69) is 12.2 Å². The van der Waals surface area contributed by atoms with E-state index in [0.29, 0.717) is 23.6 Å². The van der Waals surface area contributed by atoms with Crippen LogP contribution in [-0.2, 0) is 4.79 Å². The fraction of sp³-hybridized carbons (Fsp3) is 0.333. The molecule has 2 aromatic rings. The van der Waals surface area contributed by atoms with Crippen LogP contribution < -0.4 is 15.0 Å². The second kappa shape index (κ2) is 9.61. The number of hydrogen-bond acceptors (Lipinski definition) is 3.